The van der Waals surface area contributed by atoms with Crippen LogP contribution >= 0.6 is 22.9 Å². The average Bonchev–Trinajstić information content (AvgIpc) is 3.09. The van der Waals surface area contributed by atoms with Gasteiger partial charge in [-0.1, -0.05) is 11.6 Å². The lowest BCUT2D eigenvalue weighted by atomic mass is 9.97. The Balaban J connectivity index is 1.73. The highest BCUT2D eigenvalue weighted by molar-refractivity contribution is 7.17. The molecule has 1 aliphatic rings. The van der Waals surface area contributed by atoms with Crippen molar-refractivity contribution in [3.8, 4) is 0 Å². The van der Waals surface area contributed by atoms with Gasteiger partial charge in [-0.05, 0) is 25.0 Å². The highest BCUT2D eigenvalue weighted by Gasteiger charge is 2.27. The Morgan fingerprint density at radius 1 is 1.53 bits per heavy atom. The predicted octanol–water partition coefficient (Wildman–Crippen LogP) is 3.14. The number of hydrogen-bond acceptors (Lipinski definition) is 3. The van der Waals surface area contributed by atoms with Crippen molar-refractivity contribution in [1.29, 1.82) is 0 Å². The van der Waals surface area contributed by atoms with Gasteiger partial charge in [-0.2, -0.15) is 0 Å². The van der Waals surface area contributed by atoms with Gasteiger partial charge in [0, 0.05) is 31.4 Å². The summed E-state index contributed by atoms with van der Waals surface area (Å²) in [5.41, 5.74) is 0. The summed E-state index contributed by atoms with van der Waals surface area (Å²) in [6, 6.07) is 3.57. The van der Waals surface area contributed by atoms with Gasteiger partial charge in [0.1, 0.15) is 5.82 Å². The molecule has 4 nitrogen and oxygen atoms in total. The Bertz CT molecular complexity index is 566. The number of aromatic nitrogens is 2. The lowest BCUT2D eigenvalue weighted by molar-refractivity contribution is 0.0709. The van der Waals surface area contributed by atoms with E-state index in [9.17, 15) is 4.79 Å². The number of piperidine rings is 1. The molecule has 3 rings (SSSR count). The number of nitrogens with one attached hydrogen (secondary N) is 1. The number of halogens is 1. The molecule has 0 aromatic carbocycles. The van der Waals surface area contributed by atoms with Crippen molar-refractivity contribution in [3.63, 3.8) is 0 Å². The molecule has 2 aromatic heterocycles. The Morgan fingerprint density at radius 2 is 2.42 bits per heavy atom. The van der Waals surface area contributed by atoms with Crippen molar-refractivity contribution in [2.75, 3.05) is 13.1 Å². The molecule has 100 valence electrons. The highest BCUT2D eigenvalue weighted by Crippen LogP contribution is 2.28. The SMILES string of the molecule is O=C(c1ccc(Cl)s1)N1CCC[C@@H](c2ncc[nH]2)C1. The molecular formula is C13H14ClN3OS. The number of amides is 1. The minimum Gasteiger partial charge on any atom is -0.348 e. The molecular weight excluding hydrogens is 282 g/mol. The zero-order chi connectivity index (χ0) is 13.2. The van der Waals surface area contributed by atoms with Crippen molar-refractivity contribution >= 4 is 28.8 Å². The zero-order valence-corrected chi connectivity index (χ0v) is 11.9. The first-order valence-electron chi connectivity index (χ1n) is 6.28. The van der Waals surface area contributed by atoms with E-state index in [1.165, 1.54) is 11.3 Å². The van der Waals surface area contributed by atoms with E-state index in [0.717, 1.165) is 31.8 Å². The van der Waals surface area contributed by atoms with Gasteiger partial charge >= 0.3 is 0 Å². The number of aromatic amines is 1. The molecule has 0 radical (unpaired) electrons. The van der Waals surface area contributed by atoms with Crippen LogP contribution in [0.15, 0.2) is 24.5 Å². The van der Waals surface area contributed by atoms with Crippen LogP contribution in [0.2, 0.25) is 4.34 Å². The first kappa shape index (κ1) is 12.7. The Labute approximate surface area is 120 Å². The van der Waals surface area contributed by atoms with E-state index in [-0.39, 0.29) is 5.91 Å². The zero-order valence-electron chi connectivity index (χ0n) is 10.3. The molecule has 1 fully saturated rings. The summed E-state index contributed by atoms with van der Waals surface area (Å²) in [7, 11) is 0. The largest absolute Gasteiger partial charge is 0.348 e. The van der Waals surface area contributed by atoms with E-state index in [1.54, 1.807) is 18.3 Å². The minimum absolute atomic E-state index is 0.0770. The third kappa shape index (κ3) is 2.67. The fourth-order valence-corrected chi connectivity index (χ4v) is 3.48. The topological polar surface area (TPSA) is 49.0 Å². The molecule has 0 bridgehead atoms. The average molecular weight is 296 g/mol. The predicted molar refractivity (Wildman–Crippen MR) is 75.8 cm³/mol. The number of carbonyl (C=O) groups is 1. The van der Waals surface area contributed by atoms with Crippen LogP contribution in [-0.4, -0.2) is 33.9 Å². The van der Waals surface area contributed by atoms with Gasteiger partial charge in [0.05, 0.1) is 9.21 Å². The molecule has 19 heavy (non-hydrogen) atoms. The monoisotopic (exact) mass is 295 g/mol. The fraction of sp³-hybridized carbons (Fsp3) is 0.385. The normalized spacial score (nSPS) is 19.6. The van der Waals surface area contributed by atoms with Crippen LogP contribution in [0.5, 0.6) is 0 Å². The standard InChI is InChI=1S/C13H14ClN3OS/c14-11-4-3-10(19-11)13(18)17-7-1-2-9(8-17)12-15-5-6-16-12/h3-6,9H,1-2,7-8H2,(H,15,16)/t9-/m1/s1. The maximum atomic E-state index is 12.4. The molecule has 1 aliphatic heterocycles. The van der Waals surface area contributed by atoms with Gasteiger partial charge < -0.3 is 9.88 Å². The number of rotatable bonds is 2. The number of imidazole rings is 1. The van der Waals surface area contributed by atoms with Crippen molar-refractivity contribution in [1.82, 2.24) is 14.9 Å². The van der Waals surface area contributed by atoms with Gasteiger partial charge in [-0.25, -0.2) is 4.98 Å². The maximum Gasteiger partial charge on any atom is 0.263 e. The van der Waals surface area contributed by atoms with Crippen molar-refractivity contribution in [2.45, 2.75) is 18.8 Å². The summed E-state index contributed by atoms with van der Waals surface area (Å²) in [6.45, 7) is 1.54. The lowest BCUT2D eigenvalue weighted by Gasteiger charge is -2.31. The third-order valence-electron chi connectivity index (χ3n) is 3.40. The van der Waals surface area contributed by atoms with Crippen molar-refractivity contribution in [2.24, 2.45) is 0 Å². The summed E-state index contributed by atoms with van der Waals surface area (Å²) in [5.74, 6) is 1.36. The number of hydrogen-bond donors (Lipinski definition) is 1. The lowest BCUT2D eigenvalue weighted by Crippen LogP contribution is -2.39. The molecule has 1 saturated heterocycles. The number of likely N-dealkylation sites (tertiary alicyclic amines) is 1. The van der Waals surface area contributed by atoms with Crippen LogP contribution in [0.1, 0.15) is 34.3 Å². The van der Waals surface area contributed by atoms with Crippen LogP contribution in [0.25, 0.3) is 0 Å². The second-order valence-corrected chi connectivity index (χ2v) is 6.38. The molecule has 0 unspecified atom stereocenters. The molecule has 1 N–H and O–H groups in total. The first-order valence-corrected chi connectivity index (χ1v) is 7.47. The van der Waals surface area contributed by atoms with Gasteiger partial charge in [0.2, 0.25) is 0 Å². The molecule has 6 heteroatoms. The molecule has 1 atom stereocenters. The molecule has 2 aromatic rings. The summed E-state index contributed by atoms with van der Waals surface area (Å²) >= 11 is 7.23. The second kappa shape index (κ2) is 5.35. The van der Waals surface area contributed by atoms with E-state index in [1.807, 2.05) is 11.1 Å². The molecule has 0 saturated carbocycles. The number of H-pyrrole nitrogens is 1. The van der Waals surface area contributed by atoms with Gasteiger partial charge in [-0.15, -0.1) is 11.3 Å². The molecule has 3 heterocycles. The number of carbonyl (C=O) groups excluding carboxylic acids is 1. The molecule has 0 aliphatic carbocycles. The molecule has 1 amide bonds. The molecule has 0 spiro atoms. The summed E-state index contributed by atoms with van der Waals surface area (Å²) in [6.07, 6.45) is 5.67. The van der Waals surface area contributed by atoms with Crippen LogP contribution in [0.3, 0.4) is 0 Å². The highest BCUT2D eigenvalue weighted by atomic mass is 35.5. The van der Waals surface area contributed by atoms with Gasteiger partial charge in [0.15, 0.2) is 0 Å². The maximum absolute atomic E-state index is 12.4. The van der Waals surface area contributed by atoms with Crippen LogP contribution in [-0.2, 0) is 0 Å². The van der Waals surface area contributed by atoms with Crippen molar-refractivity contribution < 1.29 is 4.79 Å². The Morgan fingerprint density at radius 3 is 3.11 bits per heavy atom. The number of nitrogens with zero attached hydrogens (tertiary/aromatic N) is 2. The first-order chi connectivity index (χ1) is 9.24. The summed E-state index contributed by atoms with van der Waals surface area (Å²) in [4.78, 5) is 22.4. The summed E-state index contributed by atoms with van der Waals surface area (Å²) in [5, 5.41) is 0. The van der Waals surface area contributed by atoms with E-state index in [0.29, 0.717) is 15.1 Å². The van der Waals surface area contributed by atoms with Crippen LogP contribution in [0.4, 0.5) is 0 Å². The van der Waals surface area contributed by atoms with Crippen molar-refractivity contribution in [3.05, 3.63) is 39.6 Å². The van der Waals surface area contributed by atoms with Gasteiger partial charge in [0.25, 0.3) is 5.91 Å². The smallest absolute Gasteiger partial charge is 0.263 e. The quantitative estimate of drug-likeness (QED) is 0.925. The third-order valence-corrected chi connectivity index (χ3v) is 4.62. The number of thiophene rings is 1. The Kier molecular flexibility index (Phi) is 3.57. The van der Waals surface area contributed by atoms with E-state index < -0.39 is 0 Å². The minimum atomic E-state index is 0.0770. The van der Waals surface area contributed by atoms with E-state index >= 15 is 0 Å². The van der Waals surface area contributed by atoms with E-state index in [2.05, 4.69) is 9.97 Å². The van der Waals surface area contributed by atoms with E-state index in [4.69, 9.17) is 11.6 Å². The van der Waals surface area contributed by atoms with Crippen LogP contribution in [0, 0.1) is 0 Å². The second-order valence-electron chi connectivity index (χ2n) is 4.67. The van der Waals surface area contributed by atoms with Crippen LogP contribution < -0.4 is 0 Å². The fourth-order valence-electron chi connectivity index (χ4n) is 2.47. The van der Waals surface area contributed by atoms with Gasteiger partial charge in [-0.3, -0.25) is 4.79 Å². The Hall–Kier alpha value is -1.33. The summed E-state index contributed by atoms with van der Waals surface area (Å²) < 4.78 is 0.656.